The summed E-state index contributed by atoms with van der Waals surface area (Å²) < 4.78 is 1.98. The second kappa shape index (κ2) is 5.15. The lowest BCUT2D eigenvalue weighted by atomic mass is 10.0. The number of aromatic nitrogens is 2. The van der Waals surface area contributed by atoms with Crippen LogP contribution in [0.3, 0.4) is 0 Å². The summed E-state index contributed by atoms with van der Waals surface area (Å²) in [5, 5.41) is 0. The number of hydrogen-bond donors (Lipinski definition) is 0. The molecule has 0 radical (unpaired) electrons. The molecule has 0 spiro atoms. The van der Waals surface area contributed by atoms with E-state index in [1.807, 2.05) is 9.47 Å². The molecule has 1 amide bonds. The number of hydrogen-bond acceptors (Lipinski definition) is 3. The van der Waals surface area contributed by atoms with Gasteiger partial charge < -0.3 is 9.47 Å². The summed E-state index contributed by atoms with van der Waals surface area (Å²) in [6.45, 7) is 2.00. The zero-order valence-corrected chi connectivity index (χ0v) is 11.0. The third kappa shape index (κ3) is 2.41. The van der Waals surface area contributed by atoms with E-state index in [4.69, 9.17) is 0 Å². The fraction of sp³-hybridized carbons (Fsp3) is 0.643. The first-order valence-electron chi connectivity index (χ1n) is 7.05. The van der Waals surface area contributed by atoms with Gasteiger partial charge in [-0.15, -0.1) is 0 Å². The smallest absolute Gasteiger partial charge is 0.223 e. The Hall–Kier alpha value is -1.65. The predicted octanol–water partition coefficient (Wildman–Crippen LogP) is 1.62. The van der Waals surface area contributed by atoms with Crippen molar-refractivity contribution in [3.05, 3.63) is 17.7 Å². The highest BCUT2D eigenvalue weighted by molar-refractivity contribution is 5.78. The molecule has 0 bridgehead atoms. The molecule has 0 unspecified atom stereocenters. The first-order chi connectivity index (χ1) is 9.28. The maximum Gasteiger partial charge on any atom is 0.223 e. The molecular formula is C14H19N3O2. The normalized spacial score (nSPS) is 19.5. The average Bonchev–Trinajstić information content (AvgIpc) is 3.06. The van der Waals surface area contributed by atoms with Gasteiger partial charge in [-0.25, -0.2) is 4.98 Å². The minimum absolute atomic E-state index is 0.233. The maximum absolute atomic E-state index is 12.3. The lowest BCUT2D eigenvalue weighted by molar-refractivity contribution is -0.133. The molecule has 5 nitrogen and oxygen atoms in total. The molecule has 3 rings (SSSR count). The third-order valence-electron chi connectivity index (χ3n) is 4.33. The summed E-state index contributed by atoms with van der Waals surface area (Å²) >= 11 is 0. The molecule has 0 atom stereocenters. The van der Waals surface area contributed by atoms with E-state index in [1.165, 1.54) is 25.7 Å². The maximum atomic E-state index is 12.3. The van der Waals surface area contributed by atoms with Gasteiger partial charge in [0.15, 0.2) is 6.29 Å². The highest BCUT2D eigenvalue weighted by Gasteiger charge is 2.26. The predicted molar refractivity (Wildman–Crippen MR) is 69.6 cm³/mol. The van der Waals surface area contributed by atoms with E-state index in [1.54, 1.807) is 6.33 Å². The molecule has 1 aromatic heterocycles. The van der Waals surface area contributed by atoms with E-state index >= 15 is 0 Å². The van der Waals surface area contributed by atoms with Crippen LogP contribution in [0.4, 0.5) is 0 Å². The number of amides is 1. The second-order valence-electron chi connectivity index (χ2n) is 5.56. The van der Waals surface area contributed by atoms with Crippen LogP contribution in [0.15, 0.2) is 6.33 Å². The van der Waals surface area contributed by atoms with Crippen LogP contribution in [0, 0.1) is 5.92 Å². The van der Waals surface area contributed by atoms with Crippen LogP contribution in [0.1, 0.15) is 48.3 Å². The number of carbonyl (C=O) groups excluding carboxylic acids is 2. The number of aldehydes is 1. The van der Waals surface area contributed by atoms with Gasteiger partial charge in [0, 0.05) is 19.5 Å². The fourth-order valence-electron chi connectivity index (χ4n) is 3.18. The van der Waals surface area contributed by atoms with Crippen molar-refractivity contribution in [2.75, 3.05) is 6.54 Å². The zero-order valence-electron chi connectivity index (χ0n) is 11.0. The molecule has 2 heterocycles. The molecule has 1 aliphatic heterocycles. The minimum atomic E-state index is 0.233. The zero-order chi connectivity index (χ0) is 13.2. The van der Waals surface area contributed by atoms with E-state index in [-0.39, 0.29) is 5.91 Å². The van der Waals surface area contributed by atoms with Crippen LogP contribution >= 0.6 is 0 Å². The van der Waals surface area contributed by atoms with Gasteiger partial charge >= 0.3 is 0 Å². The molecule has 1 fully saturated rings. The van der Waals surface area contributed by atoms with Gasteiger partial charge in [-0.3, -0.25) is 9.59 Å². The highest BCUT2D eigenvalue weighted by Crippen LogP contribution is 2.28. The van der Waals surface area contributed by atoms with Gasteiger partial charge in [-0.2, -0.15) is 0 Å². The molecule has 0 N–H and O–H groups in total. The quantitative estimate of drug-likeness (QED) is 0.777. The van der Waals surface area contributed by atoms with Crippen LogP contribution in [0.5, 0.6) is 0 Å². The van der Waals surface area contributed by atoms with Crippen LogP contribution in [-0.2, 0) is 17.9 Å². The number of fused-ring (bicyclic) bond motifs is 1. The van der Waals surface area contributed by atoms with Crippen LogP contribution < -0.4 is 0 Å². The summed E-state index contributed by atoms with van der Waals surface area (Å²) in [6.07, 6.45) is 8.05. The number of rotatable bonds is 3. The largest absolute Gasteiger partial charge is 0.335 e. The molecule has 1 saturated carbocycles. The fourth-order valence-corrected chi connectivity index (χ4v) is 3.18. The van der Waals surface area contributed by atoms with Crippen molar-refractivity contribution in [2.45, 2.75) is 45.2 Å². The molecule has 102 valence electrons. The van der Waals surface area contributed by atoms with Crippen molar-refractivity contribution >= 4 is 12.2 Å². The summed E-state index contributed by atoms with van der Waals surface area (Å²) in [6, 6.07) is 0. The molecule has 1 aliphatic carbocycles. The third-order valence-corrected chi connectivity index (χ3v) is 4.33. The Balaban J connectivity index is 1.66. The van der Waals surface area contributed by atoms with Crippen LogP contribution in [0.25, 0.3) is 0 Å². The Morgan fingerprint density at radius 1 is 1.37 bits per heavy atom. The number of carbonyl (C=O) groups is 2. The summed E-state index contributed by atoms with van der Waals surface area (Å²) in [5.41, 5.74) is 1.35. The Labute approximate surface area is 112 Å². The van der Waals surface area contributed by atoms with Crippen molar-refractivity contribution in [3.63, 3.8) is 0 Å². The van der Waals surface area contributed by atoms with Crippen molar-refractivity contribution in [2.24, 2.45) is 5.92 Å². The first-order valence-corrected chi connectivity index (χ1v) is 7.05. The summed E-state index contributed by atoms with van der Waals surface area (Å²) in [4.78, 5) is 29.2. The van der Waals surface area contributed by atoms with Gasteiger partial charge in [0.05, 0.1) is 18.6 Å². The summed E-state index contributed by atoms with van der Waals surface area (Å²) in [7, 11) is 0. The average molecular weight is 261 g/mol. The van der Waals surface area contributed by atoms with Gasteiger partial charge in [0.25, 0.3) is 0 Å². The van der Waals surface area contributed by atoms with Crippen molar-refractivity contribution in [1.29, 1.82) is 0 Å². The molecule has 19 heavy (non-hydrogen) atoms. The highest BCUT2D eigenvalue weighted by atomic mass is 16.2. The standard InChI is InChI=1S/C14H19N3O2/c18-9-12-13-8-16(5-6-17(13)10-15-12)14(19)7-11-3-1-2-4-11/h9-11H,1-8H2. The molecule has 1 aromatic rings. The molecule has 5 heteroatoms. The lowest BCUT2D eigenvalue weighted by Crippen LogP contribution is -2.38. The van der Waals surface area contributed by atoms with Crippen molar-refractivity contribution < 1.29 is 9.59 Å². The first kappa shape index (κ1) is 12.4. The van der Waals surface area contributed by atoms with Crippen molar-refractivity contribution in [3.8, 4) is 0 Å². The Bertz CT molecular complexity index is 489. The number of imidazole rings is 1. The van der Waals surface area contributed by atoms with Gasteiger partial charge in [0.2, 0.25) is 5.91 Å². The molecule has 0 aromatic carbocycles. The second-order valence-corrected chi connectivity index (χ2v) is 5.56. The monoisotopic (exact) mass is 261 g/mol. The SMILES string of the molecule is O=Cc1ncn2c1CN(C(=O)CC1CCCC1)CC2. The van der Waals surface area contributed by atoms with E-state index in [9.17, 15) is 9.59 Å². The molecule has 0 saturated heterocycles. The van der Waals surface area contributed by atoms with Gasteiger partial charge in [0.1, 0.15) is 5.69 Å². The van der Waals surface area contributed by atoms with E-state index in [0.717, 1.165) is 25.1 Å². The van der Waals surface area contributed by atoms with Crippen LogP contribution in [0.2, 0.25) is 0 Å². The van der Waals surface area contributed by atoms with E-state index in [0.29, 0.717) is 24.6 Å². The Morgan fingerprint density at radius 3 is 2.89 bits per heavy atom. The van der Waals surface area contributed by atoms with E-state index in [2.05, 4.69) is 4.98 Å². The molecule has 2 aliphatic rings. The lowest BCUT2D eigenvalue weighted by Gasteiger charge is -2.29. The van der Waals surface area contributed by atoms with Gasteiger partial charge in [-0.1, -0.05) is 12.8 Å². The van der Waals surface area contributed by atoms with Crippen LogP contribution in [-0.4, -0.2) is 33.2 Å². The number of nitrogens with zero attached hydrogens (tertiary/aromatic N) is 3. The minimum Gasteiger partial charge on any atom is -0.335 e. The summed E-state index contributed by atoms with van der Waals surface area (Å²) in [5.74, 6) is 0.807. The Morgan fingerprint density at radius 2 is 2.16 bits per heavy atom. The Kier molecular flexibility index (Phi) is 3.36. The topological polar surface area (TPSA) is 55.2 Å². The molecular weight excluding hydrogens is 242 g/mol. The van der Waals surface area contributed by atoms with Gasteiger partial charge in [-0.05, 0) is 18.8 Å². The van der Waals surface area contributed by atoms with Crippen molar-refractivity contribution in [1.82, 2.24) is 14.5 Å². The van der Waals surface area contributed by atoms with E-state index < -0.39 is 0 Å².